The van der Waals surface area contributed by atoms with Crippen LogP contribution in [0.15, 0.2) is 42.5 Å². The van der Waals surface area contributed by atoms with Gasteiger partial charge in [-0.3, -0.25) is 14.5 Å². The molecule has 0 bridgehead atoms. The molecule has 0 spiro atoms. The molecule has 0 aliphatic rings. The van der Waals surface area contributed by atoms with Crippen LogP contribution in [0.5, 0.6) is 5.75 Å². The van der Waals surface area contributed by atoms with Crippen molar-refractivity contribution in [2.24, 2.45) is 5.92 Å². The second-order valence-electron chi connectivity index (χ2n) is 6.90. The van der Waals surface area contributed by atoms with Crippen molar-refractivity contribution in [2.75, 3.05) is 31.3 Å². The molecule has 6 nitrogen and oxygen atoms in total. The Morgan fingerprint density at radius 2 is 1.75 bits per heavy atom. The minimum Gasteiger partial charge on any atom is -0.497 e. The molecule has 2 amide bonds. The smallest absolute Gasteiger partial charge is 0.238 e. The molecule has 2 N–H and O–H groups in total. The fourth-order valence-corrected chi connectivity index (χ4v) is 2.53. The number of carbonyl (C=O) groups is 2. The van der Waals surface area contributed by atoms with Crippen LogP contribution in [-0.4, -0.2) is 37.4 Å². The third kappa shape index (κ3) is 6.35. The summed E-state index contributed by atoms with van der Waals surface area (Å²) in [5, 5.41) is 5.63. The Kier molecular flexibility index (Phi) is 7.52. The standard InChI is InChI=1S/C21H26FN3O3/c1-14(2)21(27)24-18-10-9-17(28-4)11-19(18)23-20(26)13-25(3)12-15-5-7-16(22)8-6-15/h5-11,14H,12-13H2,1-4H3,(H,23,26)(H,24,27). The summed E-state index contributed by atoms with van der Waals surface area (Å²) in [6.07, 6.45) is 0. The lowest BCUT2D eigenvalue weighted by atomic mass is 10.2. The first kappa shape index (κ1) is 21.4. The van der Waals surface area contributed by atoms with Crippen LogP contribution in [0.3, 0.4) is 0 Å². The molecule has 7 heteroatoms. The normalized spacial score (nSPS) is 10.8. The molecule has 2 aromatic rings. The molecule has 0 aromatic heterocycles. The number of benzene rings is 2. The van der Waals surface area contributed by atoms with E-state index in [9.17, 15) is 14.0 Å². The van der Waals surface area contributed by atoms with Gasteiger partial charge < -0.3 is 15.4 Å². The summed E-state index contributed by atoms with van der Waals surface area (Å²) in [5.74, 6) is -0.296. The molecular weight excluding hydrogens is 361 g/mol. The van der Waals surface area contributed by atoms with Crippen molar-refractivity contribution in [2.45, 2.75) is 20.4 Å². The third-order valence-corrected chi connectivity index (χ3v) is 4.06. The number of carbonyl (C=O) groups excluding carboxylic acids is 2. The van der Waals surface area contributed by atoms with Gasteiger partial charge in [-0.15, -0.1) is 0 Å². The molecule has 0 saturated heterocycles. The Hall–Kier alpha value is -2.93. The quantitative estimate of drug-likeness (QED) is 0.727. The van der Waals surface area contributed by atoms with Crippen molar-refractivity contribution in [3.05, 3.63) is 53.8 Å². The lowest BCUT2D eigenvalue weighted by Crippen LogP contribution is -2.30. The first-order chi connectivity index (χ1) is 13.3. The van der Waals surface area contributed by atoms with E-state index >= 15 is 0 Å². The summed E-state index contributed by atoms with van der Waals surface area (Å²) in [5.41, 5.74) is 1.88. The van der Waals surface area contributed by atoms with Crippen LogP contribution in [0.1, 0.15) is 19.4 Å². The van der Waals surface area contributed by atoms with Crippen molar-refractivity contribution >= 4 is 23.2 Å². The van der Waals surface area contributed by atoms with E-state index in [0.29, 0.717) is 23.7 Å². The number of likely N-dealkylation sites (N-methyl/N-ethyl adjacent to an activating group) is 1. The number of amides is 2. The fraction of sp³-hybridized carbons (Fsp3) is 0.333. The van der Waals surface area contributed by atoms with Gasteiger partial charge in [-0.05, 0) is 36.9 Å². The molecule has 0 atom stereocenters. The molecule has 2 rings (SSSR count). The van der Waals surface area contributed by atoms with Crippen molar-refractivity contribution < 1.29 is 18.7 Å². The minimum absolute atomic E-state index is 0.131. The highest BCUT2D eigenvalue weighted by molar-refractivity contribution is 6.00. The number of nitrogens with zero attached hydrogens (tertiary/aromatic N) is 1. The highest BCUT2D eigenvalue weighted by Crippen LogP contribution is 2.27. The van der Waals surface area contributed by atoms with Crippen molar-refractivity contribution in [1.29, 1.82) is 0 Å². The first-order valence-corrected chi connectivity index (χ1v) is 9.00. The summed E-state index contributed by atoms with van der Waals surface area (Å²) < 4.78 is 18.2. The van der Waals surface area contributed by atoms with E-state index in [2.05, 4.69) is 10.6 Å². The third-order valence-electron chi connectivity index (χ3n) is 4.06. The average Bonchev–Trinajstić information content (AvgIpc) is 2.64. The van der Waals surface area contributed by atoms with Gasteiger partial charge in [-0.25, -0.2) is 4.39 Å². The van der Waals surface area contributed by atoms with Crippen LogP contribution in [0.25, 0.3) is 0 Å². The predicted octanol–water partition coefficient (Wildman–Crippen LogP) is 3.50. The van der Waals surface area contributed by atoms with E-state index in [1.54, 1.807) is 51.2 Å². The maximum atomic E-state index is 13.0. The molecule has 0 heterocycles. The van der Waals surface area contributed by atoms with Gasteiger partial charge in [0.1, 0.15) is 11.6 Å². The van der Waals surface area contributed by atoms with Gasteiger partial charge in [0.2, 0.25) is 11.8 Å². The van der Waals surface area contributed by atoms with E-state index in [1.807, 2.05) is 4.90 Å². The predicted molar refractivity (Wildman–Crippen MR) is 108 cm³/mol. The first-order valence-electron chi connectivity index (χ1n) is 9.00. The Labute approximate surface area is 164 Å². The summed E-state index contributed by atoms with van der Waals surface area (Å²) in [6.45, 7) is 4.22. The molecule has 2 aromatic carbocycles. The number of halogens is 1. The molecular formula is C21H26FN3O3. The van der Waals surface area contributed by atoms with E-state index in [0.717, 1.165) is 5.56 Å². The van der Waals surface area contributed by atoms with E-state index in [4.69, 9.17) is 4.74 Å². The Bertz CT molecular complexity index is 822. The average molecular weight is 387 g/mol. The number of hydrogen-bond donors (Lipinski definition) is 2. The van der Waals surface area contributed by atoms with Crippen molar-refractivity contribution in [1.82, 2.24) is 4.90 Å². The monoisotopic (exact) mass is 387 g/mol. The SMILES string of the molecule is COc1ccc(NC(=O)C(C)C)c(NC(=O)CN(C)Cc2ccc(F)cc2)c1. The summed E-state index contributed by atoms with van der Waals surface area (Å²) >= 11 is 0. The number of hydrogen-bond acceptors (Lipinski definition) is 4. The van der Waals surface area contributed by atoms with Gasteiger partial charge in [-0.1, -0.05) is 26.0 Å². The topological polar surface area (TPSA) is 70.7 Å². The molecule has 0 fully saturated rings. The lowest BCUT2D eigenvalue weighted by Gasteiger charge is -2.18. The maximum Gasteiger partial charge on any atom is 0.238 e. The number of rotatable bonds is 8. The van der Waals surface area contributed by atoms with Crippen LogP contribution in [0, 0.1) is 11.7 Å². The van der Waals surface area contributed by atoms with Crippen LogP contribution in [0.2, 0.25) is 0 Å². The Morgan fingerprint density at radius 1 is 1.07 bits per heavy atom. The second-order valence-corrected chi connectivity index (χ2v) is 6.90. The number of nitrogens with one attached hydrogen (secondary N) is 2. The van der Waals surface area contributed by atoms with Crippen LogP contribution < -0.4 is 15.4 Å². The van der Waals surface area contributed by atoms with Gasteiger partial charge in [0.15, 0.2) is 0 Å². The van der Waals surface area contributed by atoms with Crippen molar-refractivity contribution in [3.63, 3.8) is 0 Å². The minimum atomic E-state index is -0.293. The molecule has 0 aliphatic heterocycles. The summed E-state index contributed by atoms with van der Waals surface area (Å²) in [4.78, 5) is 26.3. The number of anilines is 2. The van der Waals surface area contributed by atoms with E-state index in [-0.39, 0.29) is 30.1 Å². The highest BCUT2D eigenvalue weighted by Gasteiger charge is 2.14. The van der Waals surface area contributed by atoms with Gasteiger partial charge in [0.25, 0.3) is 0 Å². The zero-order chi connectivity index (χ0) is 20.7. The molecule has 150 valence electrons. The largest absolute Gasteiger partial charge is 0.497 e. The number of methoxy groups -OCH3 is 1. The zero-order valence-electron chi connectivity index (χ0n) is 16.6. The van der Waals surface area contributed by atoms with E-state index < -0.39 is 0 Å². The summed E-state index contributed by atoms with van der Waals surface area (Å²) in [7, 11) is 3.33. The molecule has 0 aliphatic carbocycles. The van der Waals surface area contributed by atoms with Crippen LogP contribution in [-0.2, 0) is 16.1 Å². The zero-order valence-corrected chi connectivity index (χ0v) is 16.6. The number of ether oxygens (including phenoxy) is 1. The highest BCUT2D eigenvalue weighted by atomic mass is 19.1. The summed E-state index contributed by atoms with van der Waals surface area (Å²) in [6, 6.07) is 11.2. The molecule has 0 unspecified atom stereocenters. The molecule has 0 saturated carbocycles. The molecule has 0 radical (unpaired) electrons. The van der Waals surface area contributed by atoms with Crippen LogP contribution >= 0.6 is 0 Å². The van der Waals surface area contributed by atoms with Gasteiger partial charge >= 0.3 is 0 Å². The lowest BCUT2D eigenvalue weighted by molar-refractivity contribution is -0.119. The molecule has 28 heavy (non-hydrogen) atoms. The Morgan fingerprint density at radius 3 is 2.36 bits per heavy atom. The fourth-order valence-electron chi connectivity index (χ4n) is 2.53. The van der Waals surface area contributed by atoms with Gasteiger partial charge in [0.05, 0.1) is 25.0 Å². The van der Waals surface area contributed by atoms with Gasteiger partial charge in [-0.2, -0.15) is 0 Å². The maximum absolute atomic E-state index is 13.0. The van der Waals surface area contributed by atoms with Crippen molar-refractivity contribution in [3.8, 4) is 5.75 Å². The Balaban J connectivity index is 2.04. The second kappa shape index (κ2) is 9.85. The van der Waals surface area contributed by atoms with Gasteiger partial charge in [0, 0.05) is 18.5 Å². The van der Waals surface area contributed by atoms with Crippen LogP contribution in [0.4, 0.5) is 15.8 Å². The van der Waals surface area contributed by atoms with E-state index in [1.165, 1.54) is 19.2 Å².